The Kier molecular flexibility index (Phi) is 4.40. The van der Waals surface area contributed by atoms with Crippen LogP contribution in [0.25, 0.3) is 0 Å². The number of carbonyl (C=O) groups is 2. The maximum atomic E-state index is 12.4. The molecule has 6 nitrogen and oxygen atoms in total. The number of benzene rings is 1. The number of rotatable bonds is 3. The van der Waals surface area contributed by atoms with Gasteiger partial charge in [-0.1, -0.05) is 30.3 Å². The van der Waals surface area contributed by atoms with Crippen LogP contribution < -0.4 is 0 Å². The predicted molar refractivity (Wildman–Crippen MR) is 78.8 cm³/mol. The third-order valence-electron chi connectivity index (χ3n) is 4.29. The number of fused-ring (bicyclic) bond motifs is 1. The molecule has 0 bridgehead atoms. The van der Waals surface area contributed by atoms with Crippen LogP contribution in [0.15, 0.2) is 30.3 Å². The van der Waals surface area contributed by atoms with E-state index >= 15 is 0 Å². The van der Waals surface area contributed by atoms with E-state index in [1.54, 1.807) is 4.90 Å². The molecule has 118 valence electrons. The van der Waals surface area contributed by atoms with Gasteiger partial charge in [-0.25, -0.2) is 0 Å². The topological polar surface area (TPSA) is 70.1 Å². The fraction of sp³-hybridized carbons (Fsp3) is 0.500. The SMILES string of the molecule is O=C(CO)N1C[C@@H]2OCCC(=O)N(Cc3ccccc3)[C@H]2C1. The molecule has 2 aliphatic heterocycles. The molecule has 0 aromatic heterocycles. The van der Waals surface area contributed by atoms with Gasteiger partial charge in [-0.2, -0.15) is 0 Å². The minimum atomic E-state index is -0.508. The zero-order valence-electron chi connectivity index (χ0n) is 12.4. The summed E-state index contributed by atoms with van der Waals surface area (Å²) in [6.45, 7) is 1.25. The first kappa shape index (κ1) is 15.0. The van der Waals surface area contributed by atoms with Crippen molar-refractivity contribution in [2.45, 2.75) is 25.1 Å². The smallest absolute Gasteiger partial charge is 0.248 e. The van der Waals surface area contributed by atoms with E-state index in [1.807, 2.05) is 35.2 Å². The van der Waals surface area contributed by atoms with Crippen LogP contribution >= 0.6 is 0 Å². The van der Waals surface area contributed by atoms with Crippen LogP contribution in [-0.2, 0) is 20.9 Å². The van der Waals surface area contributed by atoms with Gasteiger partial charge < -0.3 is 19.6 Å². The lowest BCUT2D eigenvalue weighted by molar-refractivity contribution is -0.136. The summed E-state index contributed by atoms with van der Waals surface area (Å²) < 4.78 is 5.75. The van der Waals surface area contributed by atoms with Crippen molar-refractivity contribution in [2.75, 3.05) is 26.3 Å². The third-order valence-corrected chi connectivity index (χ3v) is 4.29. The molecule has 2 atom stereocenters. The molecule has 22 heavy (non-hydrogen) atoms. The van der Waals surface area contributed by atoms with E-state index in [-0.39, 0.29) is 24.0 Å². The summed E-state index contributed by atoms with van der Waals surface area (Å²) in [5.41, 5.74) is 1.06. The van der Waals surface area contributed by atoms with Gasteiger partial charge in [0.25, 0.3) is 0 Å². The lowest BCUT2D eigenvalue weighted by Crippen LogP contribution is -2.45. The van der Waals surface area contributed by atoms with Crippen LogP contribution in [0.3, 0.4) is 0 Å². The molecule has 2 saturated heterocycles. The van der Waals surface area contributed by atoms with E-state index in [0.717, 1.165) is 5.56 Å². The van der Waals surface area contributed by atoms with Crippen LogP contribution in [0.5, 0.6) is 0 Å². The fourth-order valence-corrected chi connectivity index (χ4v) is 3.14. The molecule has 1 aromatic rings. The molecule has 6 heteroatoms. The number of aliphatic hydroxyl groups excluding tert-OH is 1. The number of hydrogen-bond acceptors (Lipinski definition) is 4. The molecule has 0 aliphatic carbocycles. The first-order chi connectivity index (χ1) is 10.7. The van der Waals surface area contributed by atoms with Crippen molar-refractivity contribution in [3.05, 3.63) is 35.9 Å². The highest BCUT2D eigenvalue weighted by Gasteiger charge is 2.42. The molecule has 1 N–H and O–H groups in total. The largest absolute Gasteiger partial charge is 0.387 e. The Morgan fingerprint density at radius 3 is 2.77 bits per heavy atom. The highest BCUT2D eigenvalue weighted by Crippen LogP contribution is 2.25. The Balaban J connectivity index is 1.79. The van der Waals surface area contributed by atoms with Gasteiger partial charge in [0.15, 0.2) is 0 Å². The molecule has 3 rings (SSSR count). The number of likely N-dealkylation sites (tertiary alicyclic amines) is 1. The summed E-state index contributed by atoms with van der Waals surface area (Å²) >= 11 is 0. The normalized spacial score (nSPS) is 25.0. The zero-order chi connectivity index (χ0) is 15.5. The standard InChI is InChI=1S/C16H20N2O4/c19-11-16(21)17-9-13-14(10-17)22-7-6-15(20)18(13)8-12-4-2-1-3-5-12/h1-5,13-14,19H,6-11H2/t13-,14-/m0/s1. The lowest BCUT2D eigenvalue weighted by Gasteiger charge is -2.29. The van der Waals surface area contributed by atoms with Crippen LogP contribution in [0.4, 0.5) is 0 Å². The van der Waals surface area contributed by atoms with Gasteiger partial charge in [0, 0.05) is 19.6 Å². The molecule has 0 radical (unpaired) electrons. The molecule has 2 amide bonds. The van der Waals surface area contributed by atoms with Crippen molar-refractivity contribution in [1.82, 2.24) is 9.80 Å². The summed E-state index contributed by atoms with van der Waals surface area (Å²) in [7, 11) is 0. The minimum absolute atomic E-state index is 0.0506. The third kappa shape index (κ3) is 2.98. The van der Waals surface area contributed by atoms with Crippen LogP contribution in [-0.4, -0.2) is 65.2 Å². The van der Waals surface area contributed by atoms with Gasteiger partial charge in [0.2, 0.25) is 11.8 Å². The monoisotopic (exact) mass is 304 g/mol. The van der Waals surface area contributed by atoms with E-state index in [0.29, 0.717) is 32.7 Å². The highest BCUT2D eigenvalue weighted by atomic mass is 16.5. The Morgan fingerprint density at radius 1 is 1.27 bits per heavy atom. The minimum Gasteiger partial charge on any atom is -0.387 e. The molecule has 1 aromatic carbocycles. The number of aliphatic hydroxyl groups is 1. The average molecular weight is 304 g/mol. The van der Waals surface area contributed by atoms with E-state index < -0.39 is 6.61 Å². The molecule has 0 spiro atoms. The van der Waals surface area contributed by atoms with Crippen molar-refractivity contribution in [2.24, 2.45) is 0 Å². The van der Waals surface area contributed by atoms with Gasteiger partial charge in [-0.3, -0.25) is 9.59 Å². The number of ether oxygens (including phenoxy) is 1. The number of amides is 2. The Morgan fingerprint density at radius 2 is 2.05 bits per heavy atom. The summed E-state index contributed by atoms with van der Waals surface area (Å²) in [6, 6.07) is 9.66. The van der Waals surface area contributed by atoms with Gasteiger partial charge in [0.05, 0.1) is 25.2 Å². The lowest BCUT2D eigenvalue weighted by atomic mass is 10.1. The van der Waals surface area contributed by atoms with Gasteiger partial charge in [-0.15, -0.1) is 0 Å². The van der Waals surface area contributed by atoms with Gasteiger partial charge in [-0.05, 0) is 5.56 Å². The van der Waals surface area contributed by atoms with Crippen molar-refractivity contribution in [3.63, 3.8) is 0 Å². The Labute approximate surface area is 129 Å². The molecule has 2 heterocycles. The molecule has 2 aliphatic rings. The highest BCUT2D eigenvalue weighted by molar-refractivity contribution is 5.79. The molecule has 0 unspecified atom stereocenters. The van der Waals surface area contributed by atoms with E-state index in [4.69, 9.17) is 9.84 Å². The van der Waals surface area contributed by atoms with Gasteiger partial charge >= 0.3 is 0 Å². The summed E-state index contributed by atoms with van der Waals surface area (Å²) in [5.74, 6) is -0.265. The molecular formula is C16H20N2O4. The quantitative estimate of drug-likeness (QED) is 0.854. The molecular weight excluding hydrogens is 284 g/mol. The second-order valence-corrected chi connectivity index (χ2v) is 5.69. The second kappa shape index (κ2) is 6.46. The second-order valence-electron chi connectivity index (χ2n) is 5.69. The van der Waals surface area contributed by atoms with Crippen LogP contribution in [0.2, 0.25) is 0 Å². The average Bonchev–Trinajstić information content (AvgIpc) is 2.91. The number of nitrogens with zero attached hydrogens (tertiary/aromatic N) is 2. The Hall–Kier alpha value is -1.92. The number of carbonyl (C=O) groups excluding carboxylic acids is 2. The maximum Gasteiger partial charge on any atom is 0.248 e. The fourth-order valence-electron chi connectivity index (χ4n) is 3.14. The number of hydrogen-bond donors (Lipinski definition) is 1. The zero-order valence-corrected chi connectivity index (χ0v) is 12.4. The molecule has 2 fully saturated rings. The van der Waals surface area contributed by atoms with Crippen molar-refractivity contribution < 1.29 is 19.4 Å². The van der Waals surface area contributed by atoms with Crippen LogP contribution in [0.1, 0.15) is 12.0 Å². The predicted octanol–water partition coefficient (Wildman–Crippen LogP) is 0.00720. The summed E-state index contributed by atoms with van der Waals surface area (Å²) in [5, 5.41) is 9.02. The maximum absolute atomic E-state index is 12.4. The summed E-state index contributed by atoms with van der Waals surface area (Å²) in [6.07, 6.45) is 0.194. The van der Waals surface area contributed by atoms with Crippen LogP contribution in [0, 0.1) is 0 Å². The van der Waals surface area contributed by atoms with E-state index in [9.17, 15) is 9.59 Å². The van der Waals surface area contributed by atoms with Gasteiger partial charge in [0.1, 0.15) is 6.61 Å². The van der Waals surface area contributed by atoms with Crippen molar-refractivity contribution >= 4 is 11.8 Å². The first-order valence-electron chi connectivity index (χ1n) is 7.52. The first-order valence-corrected chi connectivity index (χ1v) is 7.52. The summed E-state index contributed by atoms with van der Waals surface area (Å²) in [4.78, 5) is 27.5. The van der Waals surface area contributed by atoms with E-state index in [1.165, 1.54) is 0 Å². The molecule has 0 saturated carbocycles. The Bertz CT molecular complexity index is 548. The van der Waals surface area contributed by atoms with Crippen molar-refractivity contribution in [1.29, 1.82) is 0 Å². The van der Waals surface area contributed by atoms with Crippen molar-refractivity contribution in [3.8, 4) is 0 Å². The van der Waals surface area contributed by atoms with E-state index in [2.05, 4.69) is 0 Å².